The van der Waals surface area contributed by atoms with Crippen LogP contribution in [-0.2, 0) is 6.42 Å². The van der Waals surface area contributed by atoms with Crippen LogP contribution in [-0.4, -0.2) is 11.5 Å². The molecule has 0 spiro atoms. The van der Waals surface area contributed by atoms with Crippen molar-refractivity contribution in [2.75, 3.05) is 6.54 Å². The van der Waals surface area contributed by atoms with Crippen LogP contribution in [0.2, 0.25) is 0 Å². The maximum atomic E-state index is 4.31. The van der Waals surface area contributed by atoms with E-state index in [1.807, 2.05) is 12.4 Å². The maximum Gasteiger partial charge on any atom is 0.0378 e. The van der Waals surface area contributed by atoms with Gasteiger partial charge in [0.15, 0.2) is 0 Å². The molecule has 0 fully saturated rings. The van der Waals surface area contributed by atoms with Gasteiger partial charge in [-0.25, -0.2) is 0 Å². The zero-order valence-electron chi connectivity index (χ0n) is 13.6. The van der Waals surface area contributed by atoms with Gasteiger partial charge in [-0.2, -0.15) is 0 Å². The van der Waals surface area contributed by atoms with Gasteiger partial charge in [0.05, 0.1) is 0 Å². The Labute approximate surface area is 128 Å². The van der Waals surface area contributed by atoms with Gasteiger partial charge < -0.3 is 5.32 Å². The summed E-state index contributed by atoms with van der Waals surface area (Å²) < 4.78 is 0. The second-order valence-corrected chi connectivity index (χ2v) is 5.86. The molecule has 0 bridgehead atoms. The van der Waals surface area contributed by atoms with Crippen LogP contribution in [0.15, 0.2) is 36.7 Å². The third-order valence-corrected chi connectivity index (χ3v) is 4.11. The van der Waals surface area contributed by atoms with Crippen LogP contribution in [0, 0.1) is 20.8 Å². The molecule has 2 rings (SSSR count). The Morgan fingerprint density at radius 2 is 1.86 bits per heavy atom. The number of hydrogen-bond acceptors (Lipinski definition) is 2. The number of nitrogens with zero attached hydrogens (tertiary/aromatic N) is 1. The van der Waals surface area contributed by atoms with Crippen LogP contribution in [0.25, 0.3) is 0 Å². The van der Waals surface area contributed by atoms with Crippen LogP contribution >= 0.6 is 0 Å². The van der Waals surface area contributed by atoms with Crippen molar-refractivity contribution >= 4 is 0 Å². The van der Waals surface area contributed by atoms with Gasteiger partial charge in [0.25, 0.3) is 0 Å². The van der Waals surface area contributed by atoms with Gasteiger partial charge in [0.2, 0.25) is 0 Å². The van der Waals surface area contributed by atoms with Gasteiger partial charge in [0.1, 0.15) is 0 Å². The van der Waals surface area contributed by atoms with Crippen molar-refractivity contribution in [2.45, 2.75) is 46.6 Å². The summed E-state index contributed by atoms with van der Waals surface area (Å²) in [6.07, 6.45) is 6.02. The molecule has 21 heavy (non-hydrogen) atoms. The molecule has 1 aromatic carbocycles. The number of pyridine rings is 1. The van der Waals surface area contributed by atoms with Gasteiger partial charge in [0, 0.05) is 18.4 Å². The second kappa shape index (κ2) is 7.37. The molecular weight excluding hydrogens is 256 g/mol. The molecule has 2 heteroatoms. The van der Waals surface area contributed by atoms with E-state index in [0.717, 1.165) is 19.4 Å². The largest absolute Gasteiger partial charge is 0.310 e. The molecule has 112 valence electrons. The van der Waals surface area contributed by atoms with Crippen molar-refractivity contribution in [3.05, 3.63) is 64.5 Å². The molecule has 1 atom stereocenters. The minimum atomic E-state index is 0.334. The van der Waals surface area contributed by atoms with Crippen LogP contribution in [0.1, 0.15) is 47.2 Å². The highest BCUT2D eigenvalue weighted by molar-refractivity contribution is 5.32. The maximum absolute atomic E-state index is 4.31. The van der Waals surface area contributed by atoms with E-state index in [2.05, 4.69) is 62.3 Å². The summed E-state index contributed by atoms with van der Waals surface area (Å²) in [6.45, 7) is 9.75. The lowest BCUT2D eigenvalue weighted by molar-refractivity contribution is 0.525. The van der Waals surface area contributed by atoms with Crippen LogP contribution in [0.3, 0.4) is 0 Å². The van der Waals surface area contributed by atoms with E-state index in [-0.39, 0.29) is 0 Å². The number of rotatable bonds is 6. The van der Waals surface area contributed by atoms with Gasteiger partial charge in [-0.3, -0.25) is 4.98 Å². The van der Waals surface area contributed by atoms with Gasteiger partial charge in [-0.1, -0.05) is 25.1 Å². The summed E-state index contributed by atoms with van der Waals surface area (Å²) in [5.41, 5.74) is 6.72. The first kappa shape index (κ1) is 15.7. The smallest absolute Gasteiger partial charge is 0.0378 e. The van der Waals surface area contributed by atoms with Crippen LogP contribution in [0.5, 0.6) is 0 Å². The number of aryl methyl sites for hydroxylation is 3. The van der Waals surface area contributed by atoms with Gasteiger partial charge in [-0.05, 0) is 74.0 Å². The second-order valence-electron chi connectivity index (χ2n) is 5.86. The molecule has 0 aliphatic rings. The molecule has 2 aromatic rings. The summed E-state index contributed by atoms with van der Waals surface area (Å²) in [5, 5.41) is 3.67. The molecule has 0 aliphatic carbocycles. The standard InChI is InChI=1S/C19H26N2/c1-5-9-21-19(18-13-20-10-8-15(18)3)12-17-7-6-14(2)16(4)11-17/h6-8,10-11,13,19,21H,5,9,12H2,1-4H3. The Kier molecular flexibility index (Phi) is 5.51. The number of nitrogens with one attached hydrogen (secondary N) is 1. The van der Waals surface area contributed by atoms with E-state index in [9.17, 15) is 0 Å². The molecule has 0 aliphatic heterocycles. The molecule has 0 saturated heterocycles. The van der Waals surface area contributed by atoms with Crippen molar-refractivity contribution < 1.29 is 0 Å². The van der Waals surface area contributed by atoms with Gasteiger partial charge >= 0.3 is 0 Å². The van der Waals surface area contributed by atoms with Crippen LogP contribution < -0.4 is 5.32 Å². The average molecular weight is 282 g/mol. The zero-order chi connectivity index (χ0) is 15.2. The topological polar surface area (TPSA) is 24.9 Å². The molecule has 0 radical (unpaired) electrons. The summed E-state index contributed by atoms with van der Waals surface area (Å²) in [6, 6.07) is 9.20. The first-order valence-corrected chi connectivity index (χ1v) is 7.81. The van der Waals surface area contributed by atoms with Crippen molar-refractivity contribution in [3.63, 3.8) is 0 Å². The highest BCUT2D eigenvalue weighted by Crippen LogP contribution is 2.22. The van der Waals surface area contributed by atoms with E-state index in [0.29, 0.717) is 6.04 Å². The fourth-order valence-electron chi connectivity index (χ4n) is 2.62. The molecule has 1 aromatic heterocycles. The predicted molar refractivity (Wildman–Crippen MR) is 89.6 cm³/mol. The first-order chi connectivity index (χ1) is 10.1. The molecule has 0 amide bonds. The fourth-order valence-corrected chi connectivity index (χ4v) is 2.62. The molecule has 1 unspecified atom stereocenters. The van der Waals surface area contributed by atoms with Crippen LogP contribution in [0.4, 0.5) is 0 Å². The summed E-state index contributed by atoms with van der Waals surface area (Å²) in [5.74, 6) is 0. The Bertz CT molecular complexity index is 590. The number of benzene rings is 1. The van der Waals surface area contributed by atoms with E-state index < -0.39 is 0 Å². The molecule has 1 heterocycles. The minimum Gasteiger partial charge on any atom is -0.310 e. The molecule has 2 nitrogen and oxygen atoms in total. The summed E-state index contributed by atoms with van der Waals surface area (Å²) >= 11 is 0. The molecule has 1 N–H and O–H groups in total. The summed E-state index contributed by atoms with van der Waals surface area (Å²) in [4.78, 5) is 4.31. The average Bonchev–Trinajstić information content (AvgIpc) is 2.48. The number of aromatic nitrogens is 1. The Morgan fingerprint density at radius 1 is 1.05 bits per heavy atom. The Hall–Kier alpha value is -1.67. The highest BCUT2D eigenvalue weighted by atomic mass is 14.9. The lowest BCUT2D eigenvalue weighted by atomic mass is 9.95. The number of hydrogen-bond donors (Lipinski definition) is 1. The normalized spacial score (nSPS) is 12.4. The third-order valence-electron chi connectivity index (χ3n) is 4.11. The first-order valence-electron chi connectivity index (χ1n) is 7.81. The van der Waals surface area contributed by atoms with Gasteiger partial charge in [-0.15, -0.1) is 0 Å². The van der Waals surface area contributed by atoms with E-state index >= 15 is 0 Å². The monoisotopic (exact) mass is 282 g/mol. The van der Waals surface area contributed by atoms with E-state index in [1.54, 1.807) is 0 Å². The van der Waals surface area contributed by atoms with E-state index in [1.165, 1.54) is 27.8 Å². The SMILES string of the molecule is CCCNC(Cc1ccc(C)c(C)c1)c1cnccc1C. The van der Waals surface area contributed by atoms with Crippen molar-refractivity contribution in [3.8, 4) is 0 Å². The van der Waals surface area contributed by atoms with Crippen molar-refractivity contribution in [2.24, 2.45) is 0 Å². The van der Waals surface area contributed by atoms with E-state index in [4.69, 9.17) is 0 Å². The van der Waals surface area contributed by atoms with Crippen molar-refractivity contribution in [1.29, 1.82) is 0 Å². The lowest BCUT2D eigenvalue weighted by Crippen LogP contribution is -2.25. The Balaban J connectivity index is 2.24. The highest BCUT2D eigenvalue weighted by Gasteiger charge is 2.14. The molecular formula is C19H26N2. The lowest BCUT2D eigenvalue weighted by Gasteiger charge is -2.21. The predicted octanol–water partition coefficient (Wildman–Crippen LogP) is 4.29. The van der Waals surface area contributed by atoms with Crippen molar-refractivity contribution in [1.82, 2.24) is 10.3 Å². The zero-order valence-corrected chi connectivity index (χ0v) is 13.6. The minimum absolute atomic E-state index is 0.334. The Morgan fingerprint density at radius 3 is 2.52 bits per heavy atom. The third kappa shape index (κ3) is 4.15. The quantitative estimate of drug-likeness (QED) is 0.855. The fraction of sp³-hybridized carbons (Fsp3) is 0.421. The summed E-state index contributed by atoms with van der Waals surface area (Å²) in [7, 11) is 0. The molecule has 0 saturated carbocycles.